The number of hydrogen-bond donors (Lipinski definition) is 2. The number of aliphatic imine (C=N–C) groups is 1. The van der Waals surface area contributed by atoms with E-state index in [0.29, 0.717) is 18.2 Å². The van der Waals surface area contributed by atoms with Gasteiger partial charge in [0.1, 0.15) is 5.15 Å². The van der Waals surface area contributed by atoms with Crippen LogP contribution in [0.1, 0.15) is 16.7 Å². The lowest BCUT2D eigenvalue weighted by Gasteiger charge is -2.14. The normalized spacial score (nSPS) is 11.4. The maximum absolute atomic E-state index is 5.81. The van der Waals surface area contributed by atoms with Crippen LogP contribution in [-0.2, 0) is 19.6 Å². The zero-order chi connectivity index (χ0) is 18.2. The van der Waals surface area contributed by atoms with E-state index in [9.17, 15) is 0 Å². The summed E-state index contributed by atoms with van der Waals surface area (Å²) in [5.41, 5.74) is 3.47. The number of halogens is 1. The summed E-state index contributed by atoms with van der Waals surface area (Å²) in [4.78, 5) is 8.35. The third-order valence-corrected chi connectivity index (χ3v) is 4.15. The molecular weight excluding hydrogens is 348 g/mol. The minimum Gasteiger partial charge on any atom is -0.352 e. The van der Waals surface area contributed by atoms with Gasteiger partial charge < -0.3 is 10.6 Å². The molecule has 3 rings (SSSR count). The molecule has 0 atom stereocenters. The first-order chi connectivity index (χ1) is 12.7. The Labute approximate surface area is 157 Å². The minimum atomic E-state index is 0.491. The van der Waals surface area contributed by atoms with E-state index in [1.807, 2.05) is 35.1 Å². The van der Waals surface area contributed by atoms with Gasteiger partial charge in [-0.2, -0.15) is 5.10 Å². The Balaban J connectivity index is 1.57. The van der Waals surface area contributed by atoms with Gasteiger partial charge in [-0.1, -0.05) is 41.9 Å². The molecule has 2 N–H and O–H groups in total. The molecule has 0 spiro atoms. The maximum Gasteiger partial charge on any atom is 0.191 e. The molecule has 6 nitrogen and oxygen atoms in total. The molecule has 134 valence electrons. The maximum atomic E-state index is 5.81. The highest BCUT2D eigenvalue weighted by Gasteiger charge is 2.05. The summed E-state index contributed by atoms with van der Waals surface area (Å²) >= 11 is 5.81. The topological polar surface area (TPSA) is 67.1 Å². The van der Waals surface area contributed by atoms with E-state index in [4.69, 9.17) is 11.6 Å². The molecular formula is C19H21ClN6. The van der Waals surface area contributed by atoms with Crippen molar-refractivity contribution in [3.05, 3.63) is 82.9 Å². The Morgan fingerprint density at radius 3 is 2.58 bits per heavy atom. The van der Waals surface area contributed by atoms with Gasteiger partial charge in [0.15, 0.2) is 5.96 Å². The van der Waals surface area contributed by atoms with Crippen molar-refractivity contribution in [3.63, 3.8) is 0 Å². The Morgan fingerprint density at radius 1 is 1.08 bits per heavy atom. The Hall–Kier alpha value is -2.86. The first-order valence-electron chi connectivity index (χ1n) is 8.34. The minimum absolute atomic E-state index is 0.491. The van der Waals surface area contributed by atoms with E-state index in [0.717, 1.165) is 18.1 Å². The number of pyridine rings is 1. The summed E-state index contributed by atoms with van der Waals surface area (Å²) < 4.78 is 1.92. The summed E-state index contributed by atoms with van der Waals surface area (Å²) in [5.74, 6) is 0.730. The monoisotopic (exact) mass is 368 g/mol. The quantitative estimate of drug-likeness (QED) is 0.399. The van der Waals surface area contributed by atoms with Gasteiger partial charge in [-0.3, -0.25) is 9.67 Å². The van der Waals surface area contributed by atoms with E-state index in [1.165, 1.54) is 11.1 Å². The van der Waals surface area contributed by atoms with Gasteiger partial charge in [-0.05, 0) is 28.8 Å². The number of benzene rings is 1. The molecule has 7 heteroatoms. The molecule has 0 unspecified atom stereocenters. The molecule has 0 fully saturated rings. The second-order valence-corrected chi connectivity index (χ2v) is 6.13. The first-order valence-corrected chi connectivity index (χ1v) is 8.71. The van der Waals surface area contributed by atoms with Gasteiger partial charge in [-0.25, -0.2) is 4.98 Å². The van der Waals surface area contributed by atoms with Crippen LogP contribution in [0.3, 0.4) is 0 Å². The fourth-order valence-corrected chi connectivity index (χ4v) is 2.66. The highest BCUT2D eigenvalue weighted by atomic mass is 35.5. The van der Waals surface area contributed by atoms with Crippen LogP contribution in [0.15, 0.2) is 66.0 Å². The molecule has 2 heterocycles. The average Bonchev–Trinajstić information content (AvgIpc) is 3.17. The molecule has 0 saturated carbocycles. The van der Waals surface area contributed by atoms with Crippen LogP contribution in [-0.4, -0.2) is 27.8 Å². The van der Waals surface area contributed by atoms with Gasteiger partial charge in [0.25, 0.3) is 0 Å². The predicted octanol–water partition coefficient (Wildman–Crippen LogP) is 2.85. The highest BCUT2D eigenvalue weighted by molar-refractivity contribution is 6.29. The van der Waals surface area contributed by atoms with Crippen LogP contribution in [0, 0.1) is 0 Å². The van der Waals surface area contributed by atoms with Gasteiger partial charge in [0.2, 0.25) is 0 Å². The second-order valence-electron chi connectivity index (χ2n) is 5.74. The van der Waals surface area contributed by atoms with Crippen LogP contribution in [0.2, 0.25) is 5.15 Å². The standard InChI is InChI=1S/C19H21ClN6/c1-21-19(23-12-15-7-8-18(20)22-11-15)24-13-16-5-2-3-6-17(16)14-26-10-4-9-25-26/h2-11H,12-14H2,1H3,(H2,21,23,24). The van der Waals surface area contributed by atoms with Crippen molar-refractivity contribution in [1.29, 1.82) is 0 Å². The molecule has 0 bridgehead atoms. The Kier molecular flexibility index (Phi) is 6.22. The lowest BCUT2D eigenvalue weighted by atomic mass is 10.1. The lowest BCUT2D eigenvalue weighted by molar-refractivity contribution is 0.677. The second kappa shape index (κ2) is 9.01. The van der Waals surface area contributed by atoms with E-state index in [-0.39, 0.29) is 0 Å². The van der Waals surface area contributed by atoms with Crippen molar-refractivity contribution >= 4 is 17.6 Å². The molecule has 0 radical (unpaired) electrons. The lowest BCUT2D eigenvalue weighted by Crippen LogP contribution is -2.36. The van der Waals surface area contributed by atoms with Gasteiger partial charge >= 0.3 is 0 Å². The summed E-state index contributed by atoms with van der Waals surface area (Å²) in [6.07, 6.45) is 5.51. The fourth-order valence-electron chi connectivity index (χ4n) is 2.55. The predicted molar refractivity (Wildman–Crippen MR) is 104 cm³/mol. The SMILES string of the molecule is CN=C(NCc1ccc(Cl)nc1)NCc1ccccc1Cn1cccn1. The van der Waals surface area contributed by atoms with Crippen LogP contribution in [0.25, 0.3) is 0 Å². The van der Waals surface area contributed by atoms with Crippen LogP contribution in [0.5, 0.6) is 0 Å². The summed E-state index contributed by atoms with van der Waals surface area (Å²) in [6, 6.07) is 14.0. The molecule has 0 amide bonds. The van der Waals surface area contributed by atoms with Crippen molar-refractivity contribution < 1.29 is 0 Å². The zero-order valence-electron chi connectivity index (χ0n) is 14.6. The van der Waals surface area contributed by atoms with E-state index in [2.05, 4.69) is 37.8 Å². The van der Waals surface area contributed by atoms with Gasteiger partial charge in [0.05, 0.1) is 6.54 Å². The average molecular weight is 369 g/mol. The number of aromatic nitrogens is 3. The first kappa shape index (κ1) is 17.9. The molecule has 26 heavy (non-hydrogen) atoms. The number of nitrogens with zero attached hydrogens (tertiary/aromatic N) is 4. The third kappa shape index (κ3) is 5.07. The molecule has 0 aliphatic heterocycles. The van der Waals surface area contributed by atoms with Crippen molar-refractivity contribution in [2.24, 2.45) is 4.99 Å². The fraction of sp³-hybridized carbons (Fsp3) is 0.211. The van der Waals surface area contributed by atoms with E-state index < -0.39 is 0 Å². The zero-order valence-corrected chi connectivity index (χ0v) is 15.3. The van der Waals surface area contributed by atoms with Crippen molar-refractivity contribution in [2.45, 2.75) is 19.6 Å². The number of rotatable bonds is 6. The van der Waals surface area contributed by atoms with E-state index in [1.54, 1.807) is 25.5 Å². The molecule has 0 aliphatic carbocycles. The molecule has 3 aromatic rings. The molecule has 0 saturated heterocycles. The van der Waals surface area contributed by atoms with Crippen molar-refractivity contribution in [3.8, 4) is 0 Å². The van der Waals surface area contributed by atoms with Gasteiger partial charge in [0, 0.05) is 38.7 Å². The highest BCUT2D eigenvalue weighted by Crippen LogP contribution is 2.10. The molecule has 2 aromatic heterocycles. The van der Waals surface area contributed by atoms with E-state index >= 15 is 0 Å². The number of hydrogen-bond acceptors (Lipinski definition) is 3. The smallest absolute Gasteiger partial charge is 0.191 e. The van der Waals surface area contributed by atoms with Crippen LogP contribution < -0.4 is 10.6 Å². The largest absolute Gasteiger partial charge is 0.352 e. The summed E-state index contributed by atoms with van der Waals surface area (Å²) in [6.45, 7) is 2.04. The number of guanidine groups is 1. The van der Waals surface area contributed by atoms with Crippen LogP contribution >= 0.6 is 11.6 Å². The third-order valence-electron chi connectivity index (χ3n) is 3.93. The van der Waals surface area contributed by atoms with Crippen molar-refractivity contribution in [2.75, 3.05) is 7.05 Å². The number of nitrogens with one attached hydrogen (secondary N) is 2. The Bertz CT molecular complexity index is 843. The molecule has 1 aromatic carbocycles. The summed E-state index contributed by atoms with van der Waals surface area (Å²) in [7, 11) is 1.76. The van der Waals surface area contributed by atoms with Gasteiger partial charge in [-0.15, -0.1) is 0 Å². The Morgan fingerprint density at radius 2 is 1.88 bits per heavy atom. The van der Waals surface area contributed by atoms with Crippen LogP contribution in [0.4, 0.5) is 0 Å². The van der Waals surface area contributed by atoms with Crippen molar-refractivity contribution in [1.82, 2.24) is 25.4 Å². The summed E-state index contributed by atoms with van der Waals surface area (Å²) in [5, 5.41) is 11.4. The molecule has 0 aliphatic rings.